The van der Waals surface area contributed by atoms with Gasteiger partial charge in [0.2, 0.25) is 0 Å². The first-order chi connectivity index (χ1) is 8.70. The van der Waals surface area contributed by atoms with E-state index in [1.807, 2.05) is 30.7 Å². The van der Waals surface area contributed by atoms with Crippen LogP contribution in [0.5, 0.6) is 0 Å². The Kier molecular flexibility index (Phi) is 3.82. The molecule has 0 atom stereocenters. The number of aryl methyl sites for hydroxylation is 1. The molecule has 0 fully saturated rings. The number of carbonyl (C=O) groups is 1. The van der Waals surface area contributed by atoms with E-state index in [1.54, 1.807) is 0 Å². The van der Waals surface area contributed by atoms with Crippen LogP contribution in [-0.2, 0) is 13.5 Å². The van der Waals surface area contributed by atoms with Crippen molar-refractivity contribution in [3.63, 3.8) is 0 Å². The fourth-order valence-electron chi connectivity index (χ4n) is 2.57. The third-order valence-electron chi connectivity index (χ3n) is 3.35. The molecule has 0 aliphatic rings. The Morgan fingerprint density at radius 3 is 2.72 bits per heavy atom. The minimum absolute atomic E-state index is 0.222. The van der Waals surface area contributed by atoms with E-state index in [0.29, 0.717) is 13.0 Å². The van der Waals surface area contributed by atoms with Gasteiger partial charge in [0.05, 0.1) is 5.69 Å². The molecule has 3 nitrogen and oxygen atoms in total. The normalized spacial score (nSPS) is 11.1. The molecule has 1 heterocycles. The van der Waals surface area contributed by atoms with Crippen LogP contribution >= 0.6 is 0 Å². The SMILES string of the molecule is CCCC(=O)c1c(CCN)c2ccccc2n1C. The summed E-state index contributed by atoms with van der Waals surface area (Å²) in [7, 11) is 1.96. The zero-order valence-electron chi connectivity index (χ0n) is 11.1. The number of rotatable bonds is 5. The number of hydrogen-bond donors (Lipinski definition) is 1. The van der Waals surface area contributed by atoms with Gasteiger partial charge in [0.15, 0.2) is 5.78 Å². The Bertz CT molecular complexity index is 569. The molecule has 0 unspecified atom stereocenters. The highest BCUT2D eigenvalue weighted by molar-refractivity contribution is 6.02. The Hall–Kier alpha value is -1.61. The highest BCUT2D eigenvalue weighted by atomic mass is 16.1. The van der Waals surface area contributed by atoms with Crippen LogP contribution in [0.4, 0.5) is 0 Å². The molecule has 1 aromatic carbocycles. The van der Waals surface area contributed by atoms with Gasteiger partial charge in [-0.25, -0.2) is 0 Å². The van der Waals surface area contributed by atoms with E-state index >= 15 is 0 Å². The number of ketones is 1. The van der Waals surface area contributed by atoms with E-state index in [1.165, 1.54) is 0 Å². The summed E-state index contributed by atoms with van der Waals surface area (Å²) in [6.07, 6.45) is 2.23. The molecule has 0 aliphatic heterocycles. The number of aromatic nitrogens is 1. The summed E-state index contributed by atoms with van der Waals surface area (Å²) in [4.78, 5) is 12.3. The van der Waals surface area contributed by atoms with Gasteiger partial charge in [-0.2, -0.15) is 0 Å². The molecule has 2 aromatic rings. The van der Waals surface area contributed by atoms with Crippen molar-refractivity contribution in [2.75, 3.05) is 6.54 Å². The predicted octanol–water partition coefficient (Wildman–Crippen LogP) is 2.66. The first kappa shape index (κ1) is 12.8. The Morgan fingerprint density at radius 1 is 1.33 bits per heavy atom. The first-order valence-corrected chi connectivity index (χ1v) is 6.50. The van der Waals surface area contributed by atoms with Gasteiger partial charge in [0, 0.05) is 24.4 Å². The zero-order valence-corrected chi connectivity index (χ0v) is 11.1. The highest BCUT2D eigenvalue weighted by Crippen LogP contribution is 2.26. The van der Waals surface area contributed by atoms with Crippen molar-refractivity contribution in [1.82, 2.24) is 4.57 Å². The van der Waals surface area contributed by atoms with Gasteiger partial charge in [-0.1, -0.05) is 25.1 Å². The van der Waals surface area contributed by atoms with Crippen LogP contribution in [0.2, 0.25) is 0 Å². The number of Topliss-reactive ketones (excluding diaryl/α,β-unsaturated/α-hetero) is 1. The molecular formula is C15H20N2O. The van der Waals surface area contributed by atoms with Crippen LogP contribution in [0, 0.1) is 0 Å². The van der Waals surface area contributed by atoms with Crippen molar-refractivity contribution in [1.29, 1.82) is 0 Å². The fraction of sp³-hybridized carbons (Fsp3) is 0.400. The molecule has 0 saturated heterocycles. The summed E-state index contributed by atoms with van der Waals surface area (Å²) in [5, 5.41) is 1.16. The van der Waals surface area contributed by atoms with Crippen molar-refractivity contribution < 1.29 is 4.79 Å². The average molecular weight is 244 g/mol. The second-order valence-electron chi connectivity index (χ2n) is 4.62. The topological polar surface area (TPSA) is 48.0 Å². The maximum Gasteiger partial charge on any atom is 0.179 e. The van der Waals surface area contributed by atoms with Crippen LogP contribution in [0.15, 0.2) is 24.3 Å². The van der Waals surface area contributed by atoms with Gasteiger partial charge >= 0.3 is 0 Å². The number of nitrogens with zero attached hydrogens (tertiary/aromatic N) is 1. The van der Waals surface area contributed by atoms with Gasteiger partial charge in [-0.15, -0.1) is 0 Å². The van der Waals surface area contributed by atoms with E-state index in [4.69, 9.17) is 5.73 Å². The van der Waals surface area contributed by atoms with E-state index in [9.17, 15) is 4.79 Å². The van der Waals surface area contributed by atoms with E-state index < -0.39 is 0 Å². The highest BCUT2D eigenvalue weighted by Gasteiger charge is 2.19. The molecule has 0 amide bonds. The lowest BCUT2D eigenvalue weighted by molar-refractivity contribution is 0.0973. The van der Waals surface area contributed by atoms with Gasteiger partial charge in [-0.3, -0.25) is 4.79 Å². The summed E-state index contributed by atoms with van der Waals surface area (Å²) in [6, 6.07) is 8.14. The van der Waals surface area contributed by atoms with Gasteiger partial charge in [0.1, 0.15) is 0 Å². The average Bonchev–Trinajstić information content (AvgIpc) is 2.65. The minimum Gasteiger partial charge on any atom is -0.341 e. The summed E-state index contributed by atoms with van der Waals surface area (Å²) in [5.41, 5.74) is 8.74. The van der Waals surface area contributed by atoms with E-state index in [0.717, 1.165) is 35.0 Å². The fourth-order valence-corrected chi connectivity index (χ4v) is 2.57. The second-order valence-corrected chi connectivity index (χ2v) is 4.62. The third kappa shape index (κ3) is 2.06. The summed E-state index contributed by atoms with van der Waals surface area (Å²) >= 11 is 0. The first-order valence-electron chi connectivity index (χ1n) is 6.50. The molecule has 0 aliphatic carbocycles. The van der Waals surface area contributed by atoms with Crippen molar-refractivity contribution in [3.05, 3.63) is 35.5 Å². The second kappa shape index (κ2) is 5.36. The molecule has 3 heteroatoms. The lowest BCUT2D eigenvalue weighted by Crippen LogP contribution is -2.11. The number of benzene rings is 1. The molecule has 2 N–H and O–H groups in total. The predicted molar refractivity (Wildman–Crippen MR) is 74.9 cm³/mol. The maximum absolute atomic E-state index is 12.3. The third-order valence-corrected chi connectivity index (χ3v) is 3.35. The van der Waals surface area contributed by atoms with E-state index in [2.05, 4.69) is 12.1 Å². The largest absolute Gasteiger partial charge is 0.341 e. The summed E-state index contributed by atoms with van der Waals surface area (Å²) in [5.74, 6) is 0.222. The number of carbonyl (C=O) groups excluding carboxylic acids is 1. The van der Waals surface area contributed by atoms with Gasteiger partial charge in [-0.05, 0) is 31.0 Å². The van der Waals surface area contributed by atoms with Crippen LogP contribution in [0.25, 0.3) is 10.9 Å². The van der Waals surface area contributed by atoms with Crippen LogP contribution in [-0.4, -0.2) is 16.9 Å². The monoisotopic (exact) mass is 244 g/mol. The molecule has 0 saturated carbocycles. The molecule has 0 radical (unpaired) electrons. The van der Waals surface area contributed by atoms with Gasteiger partial charge < -0.3 is 10.3 Å². The lowest BCUT2D eigenvalue weighted by atomic mass is 10.0. The van der Waals surface area contributed by atoms with Crippen molar-refractivity contribution in [2.24, 2.45) is 12.8 Å². The van der Waals surface area contributed by atoms with Crippen LogP contribution in [0.1, 0.15) is 35.8 Å². The van der Waals surface area contributed by atoms with Crippen molar-refractivity contribution in [2.45, 2.75) is 26.2 Å². The maximum atomic E-state index is 12.3. The molecule has 0 bridgehead atoms. The molecular weight excluding hydrogens is 224 g/mol. The Morgan fingerprint density at radius 2 is 2.06 bits per heavy atom. The molecule has 96 valence electrons. The van der Waals surface area contributed by atoms with Crippen LogP contribution < -0.4 is 5.73 Å². The Labute approximate surface area is 108 Å². The lowest BCUT2D eigenvalue weighted by Gasteiger charge is -2.05. The number of nitrogens with two attached hydrogens (primary N) is 1. The van der Waals surface area contributed by atoms with E-state index in [-0.39, 0.29) is 5.78 Å². The van der Waals surface area contributed by atoms with Gasteiger partial charge in [0.25, 0.3) is 0 Å². The molecule has 18 heavy (non-hydrogen) atoms. The quantitative estimate of drug-likeness (QED) is 0.822. The summed E-state index contributed by atoms with van der Waals surface area (Å²) < 4.78 is 2.01. The zero-order chi connectivity index (χ0) is 13.1. The standard InChI is InChI=1S/C15H20N2O/c1-3-6-14(18)15-12(9-10-16)11-7-4-5-8-13(11)17(15)2/h4-5,7-8H,3,6,9-10,16H2,1-2H3. The summed E-state index contributed by atoms with van der Waals surface area (Å²) in [6.45, 7) is 2.60. The molecule has 1 aromatic heterocycles. The number of para-hydroxylation sites is 1. The number of fused-ring (bicyclic) bond motifs is 1. The van der Waals surface area contributed by atoms with Crippen LogP contribution in [0.3, 0.4) is 0 Å². The van der Waals surface area contributed by atoms with Crippen molar-refractivity contribution >= 4 is 16.7 Å². The minimum atomic E-state index is 0.222. The smallest absolute Gasteiger partial charge is 0.179 e. The number of hydrogen-bond acceptors (Lipinski definition) is 2. The molecule has 2 rings (SSSR count). The molecule has 0 spiro atoms. The van der Waals surface area contributed by atoms with Crippen molar-refractivity contribution in [3.8, 4) is 0 Å². The Balaban J connectivity index is 2.65.